The third-order valence-corrected chi connectivity index (χ3v) is 6.66. The standard InChI is InChI=1S/C26H26O4S/c1-2-29-23(26(27)28)17-18-11-13-19(14-12-18)30-16-15-20-21-7-3-5-9-24(21)31-25-10-6-4-8-22(20)25/h3-14,20,23H,2,15-17H2,1H3,(H,27,28). The lowest BCUT2D eigenvalue weighted by Crippen LogP contribution is -2.26. The van der Waals surface area contributed by atoms with Gasteiger partial charge in [-0.1, -0.05) is 60.3 Å². The lowest BCUT2D eigenvalue weighted by Gasteiger charge is -2.27. The first-order valence-electron chi connectivity index (χ1n) is 10.6. The van der Waals surface area contributed by atoms with E-state index in [0.717, 1.165) is 17.7 Å². The molecule has 0 fully saturated rings. The molecule has 0 aromatic heterocycles. The van der Waals surface area contributed by atoms with E-state index in [4.69, 9.17) is 9.47 Å². The van der Waals surface area contributed by atoms with Crippen molar-refractivity contribution in [2.45, 2.75) is 41.6 Å². The summed E-state index contributed by atoms with van der Waals surface area (Å²) in [6, 6.07) is 24.8. The van der Waals surface area contributed by atoms with Crippen molar-refractivity contribution < 1.29 is 19.4 Å². The Morgan fingerprint density at radius 1 is 0.968 bits per heavy atom. The minimum Gasteiger partial charge on any atom is -0.494 e. The number of rotatable bonds is 9. The van der Waals surface area contributed by atoms with E-state index < -0.39 is 12.1 Å². The van der Waals surface area contributed by atoms with Crippen LogP contribution in [0.1, 0.15) is 36.0 Å². The predicted molar refractivity (Wildman–Crippen MR) is 122 cm³/mol. The Hall–Kier alpha value is -2.76. The second-order valence-corrected chi connectivity index (χ2v) is 8.58. The molecular weight excluding hydrogens is 408 g/mol. The molecule has 0 amide bonds. The van der Waals surface area contributed by atoms with Crippen molar-refractivity contribution >= 4 is 17.7 Å². The third-order valence-electron chi connectivity index (χ3n) is 5.47. The van der Waals surface area contributed by atoms with Gasteiger partial charge in [0.05, 0.1) is 6.61 Å². The molecule has 1 aliphatic heterocycles. The maximum Gasteiger partial charge on any atom is 0.333 e. The van der Waals surface area contributed by atoms with Gasteiger partial charge >= 0.3 is 5.97 Å². The summed E-state index contributed by atoms with van der Waals surface area (Å²) in [7, 11) is 0. The topological polar surface area (TPSA) is 55.8 Å². The maximum absolute atomic E-state index is 11.3. The summed E-state index contributed by atoms with van der Waals surface area (Å²) < 4.78 is 11.3. The highest BCUT2D eigenvalue weighted by Crippen LogP contribution is 2.46. The predicted octanol–water partition coefficient (Wildman–Crippen LogP) is 5.78. The number of carboxylic acid groups (broad SMARTS) is 1. The molecular formula is C26H26O4S. The Labute approximate surface area is 187 Å². The van der Waals surface area contributed by atoms with E-state index in [-0.39, 0.29) is 0 Å². The summed E-state index contributed by atoms with van der Waals surface area (Å²) in [5.41, 5.74) is 3.64. The molecule has 0 spiro atoms. The Balaban J connectivity index is 1.39. The van der Waals surface area contributed by atoms with Crippen LogP contribution in [-0.4, -0.2) is 30.4 Å². The third kappa shape index (κ3) is 5.12. The zero-order valence-electron chi connectivity index (χ0n) is 17.5. The zero-order valence-corrected chi connectivity index (χ0v) is 18.3. The van der Waals surface area contributed by atoms with Crippen LogP contribution in [0.25, 0.3) is 0 Å². The Morgan fingerprint density at radius 2 is 1.58 bits per heavy atom. The van der Waals surface area contributed by atoms with E-state index in [9.17, 15) is 9.90 Å². The molecule has 0 aliphatic carbocycles. The summed E-state index contributed by atoms with van der Waals surface area (Å²) in [5.74, 6) is 0.169. The van der Waals surface area contributed by atoms with Crippen molar-refractivity contribution in [2.75, 3.05) is 13.2 Å². The number of hydrogen-bond acceptors (Lipinski definition) is 4. The van der Waals surface area contributed by atoms with Gasteiger partial charge in [0.15, 0.2) is 6.10 Å². The molecule has 1 heterocycles. The fourth-order valence-corrected chi connectivity index (χ4v) is 5.16. The van der Waals surface area contributed by atoms with E-state index in [0.29, 0.717) is 25.6 Å². The van der Waals surface area contributed by atoms with Gasteiger partial charge in [-0.25, -0.2) is 4.79 Å². The van der Waals surface area contributed by atoms with Crippen molar-refractivity contribution in [3.05, 3.63) is 89.5 Å². The summed E-state index contributed by atoms with van der Waals surface area (Å²) in [6.45, 7) is 2.78. The van der Waals surface area contributed by atoms with Crippen LogP contribution < -0.4 is 4.74 Å². The monoisotopic (exact) mass is 434 g/mol. The molecule has 1 N–H and O–H groups in total. The van der Waals surface area contributed by atoms with Crippen molar-refractivity contribution in [3.8, 4) is 5.75 Å². The van der Waals surface area contributed by atoms with E-state index in [1.807, 2.05) is 36.0 Å². The van der Waals surface area contributed by atoms with Crippen LogP contribution >= 0.6 is 11.8 Å². The van der Waals surface area contributed by atoms with E-state index in [2.05, 4.69) is 48.5 Å². The molecule has 160 valence electrons. The highest BCUT2D eigenvalue weighted by molar-refractivity contribution is 7.99. The van der Waals surface area contributed by atoms with Crippen LogP contribution in [0, 0.1) is 0 Å². The molecule has 4 nitrogen and oxygen atoms in total. The Kier molecular flexibility index (Phi) is 6.95. The fourth-order valence-electron chi connectivity index (χ4n) is 3.97. The number of carboxylic acids is 1. The maximum atomic E-state index is 11.3. The first-order chi connectivity index (χ1) is 15.2. The van der Waals surface area contributed by atoms with Crippen molar-refractivity contribution in [2.24, 2.45) is 0 Å². The van der Waals surface area contributed by atoms with Gasteiger partial charge in [0.1, 0.15) is 5.75 Å². The SMILES string of the molecule is CCOC(Cc1ccc(OCCC2c3ccccc3Sc3ccccc32)cc1)C(=O)O. The van der Waals surface area contributed by atoms with Crippen molar-refractivity contribution in [3.63, 3.8) is 0 Å². The first-order valence-corrected chi connectivity index (χ1v) is 11.4. The minimum absolute atomic E-state index is 0.315. The number of ether oxygens (including phenoxy) is 2. The smallest absolute Gasteiger partial charge is 0.333 e. The molecule has 1 atom stereocenters. The molecule has 1 aliphatic rings. The van der Waals surface area contributed by atoms with Crippen LogP contribution in [0.2, 0.25) is 0 Å². The number of hydrogen-bond donors (Lipinski definition) is 1. The summed E-state index contributed by atoms with van der Waals surface area (Å²) in [5, 5.41) is 9.25. The van der Waals surface area contributed by atoms with Crippen molar-refractivity contribution in [1.29, 1.82) is 0 Å². The first kappa shape index (κ1) is 21.5. The summed E-state index contributed by atoms with van der Waals surface area (Å²) >= 11 is 1.83. The van der Waals surface area contributed by atoms with Gasteiger partial charge in [0.2, 0.25) is 0 Å². The van der Waals surface area contributed by atoms with Crippen LogP contribution in [0.15, 0.2) is 82.6 Å². The zero-order chi connectivity index (χ0) is 21.6. The molecule has 31 heavy (non-hydrogen) atoms. The molecule has 0 saturated heterocycles. The average molecular weight is 435 g/mol. The molecule has 3 aromatic rings. The van der Waals surface area contributed by atoms with Gasteiger partial charge in [-0.15, -0.1) is 0 Å². The average Bonchev–Trinajstić information content (AvgIpc) is 2.79. The fraction of sp³-hybridized carbons (Fsp3) is 0.269. The highest BCUT2D eigenvalue weighted by atomic mass is 32.2. The lowest BCUT2D eigenvalue weighted by atomic mass is 9.88. The van der Waals surface area contributed by atoms with Gasteiger partial charge in [0, 0.05) is 28.7 Å². The Bertz CT molecular complexity index is 986. The molecule has 1 unspecified atom stereocenters. The van der Waals surface area contributed by atoms with Crippen LogP contribution in [0.5, 0.6) is 5.75 Å². The molecule has 0 bridgehead atoms. The number of carbonyl (C=O) groups is 1. The summed E-state index contributed by atoms with van der Waals surface area (Å²) in [4.78, 5) is 13.9. The minimum atomic E-state index is -0.937. The molecule has 4 rings (SSSR count). The highest BCUT2D eigenvalue weighted by Gasteiger charge is 2.25. The largest absolute Gasteiger partial charge is 0.494 e. The van der Waals surface area contributed by atoms with E-state index >= 15 is 0 Å². The molecule has 5 heteroatoms. The number of benzene rings is 3. The molecule has 0 saturated carbocycles. The van der Waals surface area contributed by atoms with Gasteiger partial charge in [0.25, 0.3) is 0 Å². The molecule has 3 aromatic carbocycles. The Morgan fingerprint density at radius 3 is 2.16 bits per heavy atom. The normalized spacial score (nSPS) is 13.8. The second kappa shape index (κ2) is 10.0. The van der Waals surface area contributed by atoms with Gasteiger partial charge < -0.3 is 14.6 Å². The van der Waals surface area contributed by atoms with Crippen LogP contribution in [-0.2, 0) is 16.0 Å². The van der Waals surface area contributed by atoms with Gasteiger partial charge in [-0.3, -0.25) is 0 Å². The lowest BCUT2D eigenvalue weighted by molar-refractivity contribution is -0.149. The quantitative estimate of drug-likeness (QED) is 0.462. The van der Waals surface area contributed by atoms with E-state index in [1.54, 1.807) is 6.92 Å². The van der Waals surface area contributed by atoms with E-state index in [1.165, 1.54) is 20.9 Å². The number of fused-ring (bicyclic) bond motifs is 2. The van der Waals surface area contributed by atoms with Crippen LogP contribution in [0.3, 0.4) is 0 Å². The van der Waals surface area contributed by atoms with Gasteiger partial charge in [-0.2, -0.15) is 0 Å². The van der Waals surface area contributed by atoms with Crippen LogP contribution in [0.4, 0.5) is 0 Å². The molecule has 0 radical (unpaired) electrons. The van der Waals surface area contributed by atoms with Crippen molar-refractivity contribution in [1.82, 2.24) is 0 Å². The summed E-state index contributed by atoms with van der Waals surface area (Å²) in [6.07, 6.45) is 0.416. The number of aliphatic carboxylic acids is 1. The second-order valence-electron chi connectivity index (χ2n) is 7.50. The van der Waals surface area contributed by atoms with Gasteiger partial charge in [-0.05, 0) is 54.3 Å².